The lowest BCUT2D eigenvalue weighted by molar-refractivity contribution is -0.0266. The monoisotopic (exact) mass is 343 g/mol. The van der Waals surface area contributed by atoms with E-state index in [0.29, 0.717) is 6.42 Å². The maximum absolute atomic E-state index is 12.9. The molecule has 0 aromatic heterocycles. The topological polar surface area (TPSA) is 43.7 Å². The molecule has 3 rings (SSSR count). The van der Waals surface area contributed by atoms with Gasteiger partial charge in [0.2, 0.25) is 0 Å². The first kappa shape index (κ1) is 18.1. The van der Waals surface area contributed by atoms with Gasteiger partial charge in [0.1, 0.15) is 5.82 Å². The van der Waals surface area contributed by atoms with E-state index in [4.69, 9.17) is 0 Å². The quantitative estimate of drug-likeness (QED) is 0.842. The van der Waals surface area contributed by atoms with Crippen LogP contribution in [0.4, 0.5) is 4.39 Å². The van der Waals surface area contributed by atoms with Gasteiger partial charge < -0.3 is 15.1 Å². The molecule has 1 fully saturated rings. The lowest BCUT2D eigenvalue weighted by Gasteiger charge is -2.38. The van der Waals surface area contributed by atoms with Crippen LogP contribution in [-0.2, 0) is 5.60 Å². The summed E-state index contributed by atoms with van der Waals surface area (Å²) >= 11 is 0. The second kappa shape index (κ2) is 8.09. The average Bonchev–Trinajstić information content (AvgIpc) is 2.65. The van der Waals surface area contributed by atoms with Gasteiger partial charge in [-0.1, -0.05) is 42.5 Å². The minimum absolute atomic E-state index is 0.282. The van der Waals surface area contributed by atoms with Crippen LogP contribution in [0.2, 0.25) is 0 Å². The number of nitrogens with zero attached hydrogens (tertiary/aromatic N) is 1. The molecule has 0 saturated carbocycles. The number of hydrogen-bond donors (Lipinski definition) is 2. The highest BCUT2D eigenvalue weighted by Gasteiger charge is 2.33. The van der Waals surface area contributed by atoms with Crippen molar-refractivity contribution >= 4 is 0 Å². The van der Waals surface area contributed by atoms with Crippen molar-refractivity contribution in [3.8, 4) is 0 Å². The molecule has 3 nitrogen and oxygen atoms in total. The Kier molecular flexibility index (Phi) is 5.84. The van der Waals surface area contributed by atoms with Crippen molar-refractivity contribution in [2.75, 3.05) is 19.6 Å². The second-order valence-corrected chi connectivity index (χ2v) is 6.95. The Morgan fingerprint density at radius 3 is 2.28 bits per heavy atom. The Morgan fingerprint density at radius 1 is 1.00 bits per heavy atom. The summed E-state index contributed by atoms with van der Waals surface area (Å²) in [7, 11) is 0. The standard InChI is InChI=1S/C21H26FNO2/c22-19-10-8-17(9-11-19)20(24)7-4-14-23-15-12-21(25,13-16-23)18-5-2-1-3-6-18/h1-3,5-6,8-11,20,24-25H,4,7,12-16H2. The first-order chi connectivity index (χ1) is 12.1. The zero-order chi connectivity index (χ0) is 17.7. The van der Waals surface area contributed by atoms with Gasteiger partial charge in [0.25, 0.3) is 0 Å². The van der Waals surface area contributed by atoms with Gasteiger partial charge in [0.15, 0.2) is 0 Å². The number of benzene rings is 2. The van der Waals surface area contributed by atoms with Gasteiger partial charge in [0, 0.05) is 13.1 Å². The fraction of sp³-hybridized carbons (Fsp3) is 0.429. The summed E-state index contributed by atoms with van der Waals surface area (Å²) in [6, 6.07) is 15.9. The second-order valence-electron chi connectivity index (χ2n) is 6.95. The molecule has 0 radical (unpaired) electrons. The Labute approximate surface area is 148 Å². The molecule has 4 heteroatoms. The summed E-state index contributed by atoms with van der Waals surface area (Å²) in [5.74, 6) is -0.282. The van der Waals surface area contributed by atoms with E-state index < -0.39 is 11.7 Å². The largest absolute Gasteiger partial charge is 0.388 e. The molecule has 0 amide bonds. The smallest absolute Gasteiger partial charge is 0.123 e. The van der Waals surface area contributed by atoms with Crippen LogP contribution in [0.5, 0.6) is 0 Å². The minimum atomic E-state index is -0.717. The van der Waals surface area contributed by atoms with Gasteiger partial charge >= 0.3 is 0 Å². The van der Waals surface area contributed by atoms with Gasteiger partial charge in [-0.25, -0.2) is 4.39 Å². The highest BCUT2D eigenvalue weighted by molar-refractivity contribution is 5.23. The zero-order valence-corrected chi connectivity index (χ0v) is 14.4. The SMILES string of the molecule is OC(CCCN1CCC(O)(c2ccccc2)CC1)c1ccc(F)cc1. The Morgan fingerprint density at radius 2 is 1.64 bits per heavy atom. The Balaban J connectivity index is 1.43. The van der Waals surface area contributed by atoms with Crippen molar-refractivity contribution in [3.63, 3.8) is 0 Å². The van der Waals surface area contributed by atoms with E-state index in [1.807, 2.05) is 30.3 Å². The Bertz CT molecular complexity index is 651. The normalized spacial score (nSPS) is 18.8. The maximum Gasteiger partial charge on any atom is 0.123 e. The molecular formula is C21H26FNO2. The van der Waals surface area contributed by atoms with Gasteiger partial charge in [-0.3, -0.25) is 0 Å². The molecule has 1 aliphatic rings. The predicted molar refractivity (Wildman–Crippen MR) is 96.6 cm³/mol. The van der Waals surface area contributed by atoms with Crippen molar-refractivity contribution in [1.29, 1.82) is 0 Å². The first-order valence-corrected chi connectivity index (χ1v) is 9.01. The van der Waals surface area contributed by atoms with E-state index in [0.717, 1.165) is 50.0 Å². The highest BCUT2D eigenvalue weighted by atomic mass is 19.1. The zero-order valence-electron chi connectivity index (χ0n) is 14.4. The number of rotatable bonds is 6. The van der Waals surface area contributed by atoms with Crippen LogP contribution >= 0.6 is 0 Å². The Hall–Kier alpha value is -1.75. The molecule has 0 aliphatic carbocycles. The predicted octanol–water partition coefficient (Wildman–Crippen LogP) is 3.62. The fourth-order valence-corrected chi connectivity index (χ4v) is 3.54. The summed E-state index contributed by atoms with van der Waals surface area (Å²) in [6.45, 7) is 2.62. The van der Waals surface area contributed by atoms with Gasteiger partial charge in [-0.05, 0) is 55.5 Å². The van der Waals surface area contributed by atoms with E-state index in [1.165, 1.54) is 12.1 Å². The summed E-state index contributed by atoms with van der Waals surface area (Å²) in [5.41, 5.74) is 1.05. The molecule has 25 heavy (non-hydrogen) atoms. The van der Waals surface area contributed by atoms with Crippen LogP contribution < -0.4 is 0 Å². The molecule has 0 bridgehead atoms. The van der Waals surface area contributed by atoms with E-state index in [-0.39, 0.29) is 5.82 Å². The molecule has 1 saturated heterocycles. The molecule has 2 aromatic carbocycles. The molecule has 1 unspecified atom stereocenters. The van der Waals surface area contributed by atoms with Crippen LogP contribution in [0, 0.1) is 5.82 Å². The molecule has 1 atom stereocenters. The summed E-state index contributed by atoms with van der Waals surface area (Å²) in [5, 5.41) is 21.0. The number of piperidine rings is 1. The molecule has 0 spiro atoms. The summed E-state index contributed by atoms with van der Waals surface area (Å²) < 4.78 is 12.9. The molecule has 134 valence electrons. The lowest BCUT2D eigenvalue weighted by atomic mass is 9.84. The van der Waals surface area contributed by atoms with Crippen LogP contribution in [-0.4, -0.2) is 34.7 Å². The fourth-order valence-electron chi connectivity index (χ4n) is 3.54. The van der Waals surface area contributed by atoms with Crippen LogP contribution in [0.1, 0.15) is 42.9 Å². The van der Waals surface area contributed by atoms with E-state index in [9.17, 15) is 14.6 Å². The van der Waals surface area contributed by atoms with Gasteiger partial charge in [-0.15, -0.1) is 0 Å². The number of aliphatic hydroxyl groups excluding tert-OH is 1. The molecular weight excluding hydrogens is 317 g/mol. The van der Waals surface area contributed by atoms with Crippen LogP contribution in [0.15, 0.2) is 54.6 Å². The van der Waals surface area contributed by atoms with Crippen molar-refractivity contribution < 1.29 is 14.6 Å². The number of halogens is 1. The molecule has 2 aromatic rings. The molecule has 1 heterocycles. The van der Waals surface area contributed by atoms with Crippen LogP contribution in [0.25, 0.3) is 0 Å². The molecule has 1 aliphatic heterocycles. The third-order valence-corrected chi connectivity index (χ3v) is 5.20. The summed E-state index contributed by atoms with van der Waals surface area (Å²) in [4.78, 5) is 2.34. The van der Waals surface area contributed by atoms with Crippen molar-refractivity contribution in [1.82, 2.24) is 4.90 Å². The highest BCUT2D eigenvalue weighted by Crippen LogP contribution is 2.32. The third kappa shape index (κ3) is 4.66. The van der Waals surface area contributed by atoms with E-state index in [1.54, 1.807) is 12.1 Å². The number of aliphatic hydroxyl groups is 2. The van der Waals surface area contributed by atoms with Gasteiger partial charge in [0.05, 0.1) is 11.7 Å². The number of hydrogen-bond acceptors (Lipinski definition) is 3. The average molecular weight is 343 g/mol. The van der Waals surface area contributed by atoms with Crippen molar-refractivity contribution in [3.05, 3.63) is 71.5 Å². The van der Waals surface area contributed by atoms with Crippen molar-refractivity contribution in [2.24, 2.45) is 0 Å². The van der Waals surface area contributed by atoms with E-state index in [2.05, 4.69) is 4.90 Å². The first-order valence-electron chi connectivity index (χ1n) is 9.01. The summed E-state index contributed by atoms with van der Waals surface area (Å²) in [6.07, 6.45) is 2.45. The molecule has 2 N–H and O–H groups in total. The minimum Gasteiger partial charge on any atom is -0.388 e. The third-order valence-electron chi connectivity index (χ3n) is 5.20. The van der Waals surface area contributed by atoms with E-state index >= 15 is 0 Å². The lowest BCUT2D eigenvalue weighted by Crippen LogP contribution is -2.42. The van der Waals surface area contributed by atoms with Gasteiger partial charge in [-0.2, -0.15) is 0 Å². The number of likely N-dealkylation sites (tertiary alicyclic amines) is 1. The van der Waals surface area contributed by atoms with Crippen molar-refractivity contribution in [2.45, 2.75) is 37.4 Å². The van der Waals surface area contributed by atoms with Crippen LogP contribution in [0.3, 0.4) is 0 Å². The maximum atomic E-state index is 12.9.